The lowest BCUT2D eigenvalue weighted by Crippen LogP contribution is -2.44. The van der Waals surface area contributed by atoms with Crippen LogP contribution in [-0.2, 0) is 13.0 Å². The number of rotatable bonds is 1. The summed E-state index contributed by atoms with van der Waals surface area (Å²) in [4.78, 5) is 4.66. The first kappa shape index (κ1) is 10.9. The SMILES string of the molecule is CN1CCc2nnc(N3CCNCC3)cc2C1. The number of nitrogens with zero attached hydrogens (tertiary/aromatic N) is 4. The average Bonchev–Trinajstić information content (AvgIpc) is 2.39. The number of piperazine rings is 1. The third-order valence-corrected chi connectivity index (χ3v) is 3.56. The minimum Gasteiger partial charge on any atom is -0.353 e. The van der Waals surface area contributed by atoms with Gasteiger partial charge in [-0.25, -0.2) is 0 Å². The highest BCUT2D eigenvalue weighted by Crippen LogP contribution is 2.20. The highest BCUT2D eigenvalue weighted by molar-refractivity contribution is 5.42. The molecule has 2 aliphatic rings. The molecule has 0 bridgehead atoms. The van der Waals surface area contributed by atoms with Gasteiger partial charge in [-0.3, -0.25) is 0 Å². The predicted octanol–water partition coefficient (Wildman–Crippen LogP) is -0.126. The summed E-state index contributed by atoms with van der Waals surface area (Å²) in [6.45, 7) is 6.24. The van der Waals surface area contributed by atoms with Crippen molar-refractivity contribution in [3.8, 4) is 0 Å². The zero-order valence-electron chi connectivity index (χ0n) is 10.3. The first-order valence-electron chi connectivity index (χ1n) is 6.32. The molecule has 3 heterocycles. The number of aromatic nitrogens is 2. The van der Waals surface area contributed by atoms with Crippen LogP contribution in [0.1, 0.15) is 11.3 Å². The molecule has 3 rings (SSSR count). The summed E-state index contributed by atoms with van der Waals surface area (Å²) in [6, 6.07) is 2.23. The number of hydrogen-bond acceptors (Lipinski definition) is 5. The van der Waals surface area contributed by atoms with E-state index in [1.807, 2.05) is 0 Å². The summed E-state index contributed by atoms with van der Waals surface area (Å²) >= 11 is 0. The Hall–Kier alpha value is -1.20. The second-order valence-corrected chi connectivity index (χ2v) is 4.90. The van der Waals surface area contributed by atoms with Crippen LogP contribution in [0.5, 0.6) is 0 Å². The van der Waals surface area contributed by atoms with E-state index in [0.717, 1.165) is 51.5 Å². The number of anilines is 1. The van der Waals surface area contributed by atoms with Gasteiger partial charge in [0.1, 0.15) is 0 Å². The molecule has 0 aromatic carbocycles. The van der Waals surface area contributed by atoms with Crippen molar-refractivity contribution in [3.05, 3.63) is 17.3 Å². The van der Waals surface area contributed by atoms with Crippen molar-refractivity contribution in [2.45, 2.75) is 13.0 Å². The summed E-state index contributed by atoms with van der Waals surface area (Å²) in [7, 11) is 2.16. The number of nitrogens with one attached hydrogen (secondary N) is 1. The Labute approximate surface area is 102 Å². The first-order chi connectivity index (χ1) is 8.33. The molecule has 0 amide bonds. The molecule has 1 aromatic rings. The zero-order valence-corrected chi connectivity index (χ0v) is 10.3. The Kier molecular flexibility index (Phi) is 2.94. The lowest BCUT2D eigenvalue weighted by Gasteiger charge is -2.30. The molecular formula is C12H19N5. The molecule has 0 aliphatic carbocycles. The minimum atomic E-state index is 1.00. The standard InChI is InChI=1S/C12H19N5/c1-16-5-2-11-10(9-16)8-12(15-14-11)17-6-3-13-4-7-17/h8,13H,2-7,9H2,1H3. The van der Waals surface area contributed by atoms with E-state index < -0.39 is 0 Å². The summed E-state index contributed by atoms with van der Waals surface area (Å²) in [5.74, 6) is 1.04. The second kappa shape index (κ2) is 4.58. The molecule has 0 unspecified atom stereocenters. The third-order valence-electron chi connectivity index (χ3n) is 3.56. The average molecular weight is 233 g/mol. The molecule has 0 saturated carbocycles. The van der Waals surface area contributed by atoms with Gasteiger partial charge in [-0.05, 0) is 18.7 Å². The van der Waals surface area contributed by atoms with Crippen LogP contribution in [-0.4, -0.2) is 54.9 Å². The Morgan fingerprint density at radius 3 is 2.82 bits per heavy atom. The van der Waals surface area contributed by atoms with Gasteiger partial charge in [0.15, 0.2) is 5.82 Å². The van der Waals surface area contributed by atoms with Gasteiger partial charge in [0, 0.05) is 45.7 Å². The van der Waals surface area contributed by atoms with Crippen molar-refractivity contribution in [2.75, 3.05) is 44.7 Å². The fourth-order valence-electron chi connectivity index (χ4n) is 2.51. The molecular weight excluding hydrogens is 214 g/mol. The predicted molar refractivity (Wildman–Crippen MR) is 67.2 cm³/mol. The van der Waals surface area contributed by atoms with Crippen molar-refractivity contribution >= 4 is 5.82 Å². The maximum absolute atomic E-state index is 4.39. The van der Waals surface area contributed by atoms with Crippen molar-refractivity contribution in [3.63, 3.8) is 0 Å². The molecule has 5 heteroatoms. The van der Waals surface area contributed by atoms with Crippen LogP contribution < -0.4 is 10.2 Å². The van der Waals surface area contributed by atoms with Crippen LogP contribution in [0, 0.1) is 0 Å². The molecule has 1 saturated heterocycles. The Morgan fingerprint density at radius 2 is 2.00 bits per heavy atom. The van der Waals surface area contributed by atoms with E-state index in [1.165, 1.54) is 11.3 Å². The second-order valence-electron chi connectivity index (χ2n) is 4.90. The monoisotopic (exact) mass is 233 g/mol. The number of fused-ring (bicyclic) bond motifs is 1. The van der Waals surface area contributed by atoms with Crippen molar-refractivity contribution < 1.29 is 0 Å². The summed E-state index contributed by atoms with van der Waals surface area (Å²) in [6.07, 6.45) is 1.03. The van der Waals surface area contributed by atoms with E-state index in [2.05, 4.69) is 38.4 Å². The van der Waals surface area contributed by atoms with E-state index in [1.54, 1.807) is 0 Å². The molecule has 92 valence electrons. The van der Waals surface area contributed by atoms with Crippen LogP contribution in [0.2, 0.25) is 0 Å². The van der Waals surface area contributed by atoms with E-state index in [0.29, 0.717) is 0 Å². The molecule has 2 aliphatic heterocycles. The van der Waals surface area contributed by atoms with Crippen molar-refractivity contribution in [1.29, 1.82) is 0 Å². The van der Waals surface area contributed by atoms with Gasteiger partial charge in [0.25, 0.3) is 0 Å². The van der Waals surface area contributed by atoms with Gasteiger partial charge in [-0.15, -0.1) is 5.10 Å². The molecule has 1 aromatic heterocycles. The highest BCUT2D eigenvalue weighted by atomic mass is 15.3. The number of likely N-dealkylation sites (N-methyl/N-ethyl adjacent to an activating group) is 1. The fourth-order valence-corrected chi connectivity index (χ4v) is 2.51. The molecule has 0 radical (unpaired) electrons. The quantitative estimate of drug-likeness (QED) is 0.732. The largest absolute Gasteiger partial charge is 0.353 e. The van der Waals surface area contributed by atoms with Gasteiger partial charge < -0.3 is 15.1 Å². The molecule has 1 fully saturated rings. The van der Waals surface area contributed by atoms with Crippen LogP contribution in [0.3, 0.4) is 0 Å². The maximum atomic E-state index is 4.39. The smallest absolute Gasteiger partial charge is 0.151 e. The first-order valence-corrected chi connectivity index (χ1v) is 6.32. The zero-order chi connectivity index (χ0) is 11.7. The molecule has 0 atom stereocenters. The van der Waals surface area contributed by atoms with Gasteiger partial charge in [0.05, 0.1) is 5.69 Å². The summed E-state index contributed by atoms with van der Waals surface area (Å²) < 4.78 is 0. The Balaban J connectivity index is 1.84. The van der Waals surface area contributed by atoms with Gasteiger partial charge in [-0.1, -0.05) is 0 Å². The lowest BCUT2D eigenvalue weighted by molar-refractivity contribution is 0.308. The molecule has 0 spiro atoms. The summed E-state index contributed by atoms with van der Waals surface area (Å²) in [5.41, 5.74) is 2.53. The molecule has 1 N–H and O–H groups in total. The normalized spacial score (nSPS) is 21.4. The van der Waals surface area contributed by atoms with Gasteiger partial charge in [0.2, 0.25) is 0 Å². The van der Waals surface area contributed by atoms with Crippen molar-refractivity contribution in [2.24, 2.45) is 0 Å². The van der Waals surface area contributed by atoms with Crippen molar-refractivity contribution in [1.82, 2.24) is 20.4 Å². The maximum Gasteiger partial charge on any atom is 0.151 e. The number of hydrogen-bond donors (Lipinski definition) is 1. The lowest BCUT2D eigenvalue weighted by atomic mass is 10.1. The third kappa shape index (κ3) is 2.25. The van der Waals surface area contributed by atoms with Crippen LogP contribution in [0.4, 0.5) is 5.82 Å². The minimum absolute atomic E-state index is 1.00. The molecule has 5 nitrogen and oxygen atoms in total. The molecule has 17 heavy (non-hydrogen) atoms. The van der Waals surface area contributed by atoms with Crippen LogP contribution in [0.25, 0.3) is 0 Å². The topological polar surface area (TPSA) is 44.3 Å². The van der Waals surface area contributed by atoms with Gasteiger partial charge in [-0.2, -0.15) is 5.10 Å². The van der Waals surface area contributed by atoms with E-state index in [4.69, 9.17) is 0 Å². The summed E-state index contributed by atoms with van der Waals surface area (Å²) in [5, 5.41) is 12.1. The van der Waals surface area contributed by atoms with E-state index in [9.17, 15) is 0 Å². The van der Waals surface area contributed by atoms with Gasteiger partial charge >= 0.3 is 0 Å². The Morgan fingerprint density at radius 1 is 1.18 bits per heavy atom. The fraction of sp³-hybridized carbons (Fsp3) is 0.667. The van der Waals surface area contributed by atoms with Crippen LogP contribution in [0.15, 0.2) is 6.07 Å². The highest BCUT2D eigenvalue weighted by Gasteiger charge is 2.18. The van der Waals surface area contributed by atoms with E-state index in [-0.39, 0.29) is 0 Å². The van der Waals surface area contributed by atoms with E-state index >= 15 is 0 Å². The van der Waals surface area contributed by atoms with Crippen LogP contribution >= 0.6 is 0 Å². The Bertz CT molecular complexity index is 400.